The van der Waals surface area contributed by atoms with E-state index >= 15 is 0 Å². The van der Waals surface area contributed by atoms with Crippen molar-refractivity contribution >= 4 is 12.0 Å². The van der Waals surface area contributed by atoms with Gasteiger partial charge >= 0.3 is 5.97 Å². The first-order valence-corrected chi connectivity index (χ1v) is 7.68. The molecule has 2 aromatic heterocycles. The van der Waals surface area contributed by atoms with Crippen molar-refractivity contribution in [3.63, 3.8) is 0 Å². The number of nitrogens with zero attached hydrogens (tertiary/aromatic N) is 5. The van der Waals surface area contributed by atoms with E-state index in [-0.39, 0.29) is 17.8 Å². The first-order chi connectivity index (χ1) is 11.4. The molecule has 3 rings (SSSR count). The number of carbonyl (C=O) groups is 1. The fourth-order valence-electron chi connectivity index (χ4n) is 3.03. The minimum atomic E-state index is -1.14. The molecule has 8 nitrogen and oxygen atoms in total. The number of carboxylic acids is 1. The molecule has 0 radical (unpaired) electrons. The quantitative estimate of drug-likeness (QED) is 0.846. The van der Waals surface area contributed by atoms with Gasteiger partial charge in [0.1, 0.15) is 12.4 Å². The van der Waals surface area contributed by atoms with Crippen LogP contribution in [0.4, 0.5) is 10.4 Å². The van der Waals surface area contributed by atoms with Gasteiger partial charge in [0.05, 0.1) is 6.20 Å². The van der Waals surface area contributed by atoms with Crippen LogP contribution < -0.4 is 4.90 Å². The zero-order chi connectivity index (χ0) is 17.3. The maximum Gasteiger partial charge on any atom is 0.357 e. The SMILES string of the molecule is CN(C[C@@H]1C[C@H](F)CN1Cc1cnn(C)c1)c1nc(C(=O)O)co1. The predicted molar refractivity (Wildman–Crippen MR) is 83.7 cm³/mol. The Morgan fingerprint density at radius 3 is 3.00 bits per heavy atom. The molecular formula is C15H20FN5O3. The van der Waals surface area contributed by atoms with Crippen LogP contribution in [0.2, 0.25) is 0 Å². The van der Waals surface area contributed by atoms with E-state index in [4.69, 9.17) is 9.52 Å². The molecule has 0 amide bonds. The van der Waals surface area contributed by atoms with Crippen molar-refractivity contribution in [2.45, 2.75) is 25.2 Å². The third-order valence-electron chi connectivity index (χ3n) is 4.14. The second kappa shape index (κ2) is 6.60. The Morgan fingerprint density at radius 1 is 1.58 bits per heavy atom. The lowest BCUT2D eigenvalue weighted by molar-refractivity contribution is 0.0690. The van der Waals surface area contributed by atoms with E-state index < -0.39 is 12.1 Å². The molecule has 0 saturated carbocycles. The lowest BCUT2D eigenvalue weighted by Gasteiger charge is -2.27. The van der Waals surface area contributed by atoms with Gasteiger partial charge in [-0.15, -0.1) is 0 Å². The molecule has 0 bridgehead atoms. The summed E-state index contributed by atoms with van der Waals surface area (Å²) in [6.45, 7) is 1.50. The van der Waals surface area contributed by atoms with Crippen molar-refractivity contribution in [2.75, 3.05) is 25.0 Å². The third-order valence-corrected chi connectivity index (χ3v) is 4.14. The highest BCUT2D eigenvalue weighted by Crippen LogP contribution is 2.24. The number of anilines is 1. The molecule has 1 N–H and O–H groups in total. The smallest absolute Gasteiger partial charge is 0.357 e. The molecule has 9 heteroatoms. The van der Waals surface area contributed by atoms with Crippen molar-refractivity contribution in [3.05, 3.63) is 29.9 Å². The van der Waals surface area contributed by atoms with E-state index in [0.29, 0.717) is 26.1 Å². The van der Waals surface area contributed by atoms with Crippen LogP contribution in [0, 0.1) is 0 Å². The number of oxazole rings is 1. The molecule has 2 atom stereocenters. The number of hydrogen-bond acceptors (Lipinski definition) is 6. The number of likely N-dealkylation sites (N-methyl/N-ethyl adjacent to an activating group) is 1. The highest BCUT2D eigenvalue weighted by molar-refractivity contribution is 5.85. The van der Waals surface area contributed by atoms with E-state index in [1.807, 2.05) is 13.2 Å². The van der Waals surface area contributed by atoms with Crippen LogP contribution in [0.3, 0.4) is 0 Å². The summed E-state index contributed by atoms with van der Waals surface area (Å²) >= 11 is 0. The van der Waals surface area contributed by atoms with Crippen LogP contribution in [-0.4, -0.2) is 63.1 Å². The van der Waals surface area contributed by atoms with E-state index in [1.165, 1.54) is 0 Å². The monoisotopic (exact) mass is 337 g/mol. The van der Waals surface area contributed by atoms with Gasteiger partial charge in [-0.05, 0) is 6.42 Å². The Morgan fingerprint density at radius 2 is 2.38 bits per heavy atom. The van der Waals surface area contributed by atoms with Crippen LogP contribution in [0.1, 0.15) is 22.5 Å². The molecule has 130 valence electrons. The van der Waals surface area contributed by atoms with Gasteiger partial charge in [0.25, 0.3) is 6.01 Å². The summed E-state index contributed by atoms with van der Waals surface area (Å²) in [5.41, 5.74) is 0.891. The highest BCUT2D eigenvalue weighted by atomic mass is 19.1. The summed E-state index contributed by atoms with van der Waals surface area (Å²) in [7, 11) is 3.60. The van der Waals surface area contributed by atoms with Crippen LogP contribution >= 0.6 is 0 Å². The molecule has 1 fully saturated rings. The van der Waals surface area contributed by atoms with E-state index in [0.717, 1.165) is 11.8 Å². The van der Waals surface area contributed by atoms with Crippen molar-refractivity contribution in [1.29, 1.82) is 0 Å². The molecule has 0 unspecified atom stereocenters. The number of aryl methyl sites for hydroxylation is 1. The summed E-state index contributed by atoms with van der Waals surface area (Å²) in [6.07, 6.45) is 4.35. The molecule has 24 heavy (non-hydrogen) atoms. The van der Waals surface area contributed by atoms with Crippen LogP contribution in [0.25, 0.3) is 0 Å². The lowest BCUT2D eigenvalue weighted by Crippen LogP contribution is -2.38. The minimum Gasteiger partial charge on any atom is -0.476 e. The summed E-state index contributed by atoms with van der Waals surface area (Å²) < 4.78 is 20.8. The number of aromatic carboxylic acids is 1. The lowest BCUT2D eigenvalue weighted by atomic mass is 10.2. The van der Waals surface area contributed by atoms with Crippen LogP contribution in [0.15, 0.2) is 23.1 Å². The fourth-order valence-corrected chi connectivity index (χ4v) is 3.03. The third kappa shape index (κ3) is 3.56. The molecule has 2 aromatic rings. The van der Waals surface area contributed by atoms with Gasteiger partial charge in [-0.25, -0.2) is 9.18 Å². The van der Waals surface area contributed by atoms with Crippen LogP contribution in [0.5, 0.6) is 0 Å². The molecule has 3 heterocycles. The standard InChI is InChI=1S/C15H20FN5O3/c1-19(15-18-13(9-24-15)14(22)23)8-12-3-11(16)7-21(12)6-10-4-17-20(2)5-10/h4-5,9,11-12H,3,6-8H2,1-2H3,(H,22,23)/t11-,12-/m0/s1. The van der Waals surface area contributed by atoms with Crippen molar-refractivity contribution < 1.29 is 18.7 Å². The summed E-state index contributed by atoms with van der Waals surface area (Å²) in [5, 5.41) is 13.0. The number of carboxylic acid groups (broad SMARTS) is 1. The Bertz CT molecular complexity index is 716. The summed E-state index contributed by atoms with van der Waals surface area (Å²) in [5.74, 6) is -1.14. The van der Waals surface area contributed by atoms with Crippen molar-refractivity contribution in [2.24, 2.45) is 7.05 Å². The van der Waals surface area contributed by atoms with Crippen molar-refractivity contribution in [3.8, 4) is 0 Å². The molecule has 1 saturated heterocycles. The highest BCUT2D eigenvalue weighted by Gasteiger charge is 2.33. The molecule has 1 aliphatic rings. The molecular weight excluding hydrogens is 317 g/mol. The molecule has 0 aromatic carbocycles. The van der Waals surface area contributed by atoms with Gasteiger partial charge in [-0.2, -0.15) is 10.1 Å². The van der Waals surface area contributed by atoms with Gasteiger partial charge in [0, 0.05) is 51.5 Å². The van der Waals surface area contributed by atoms with Crippen molar-refractivity contribution in [1.82, 2.24) is 19.7 Å². The van der Waals surface area contributed by atoms with E-state index in [2.05, 4.69) is 15.0 Å². The second-order valence-corrected chi connectivity index (χ2v) is 6.14. The number of rotatable bonds is 6. The Labute approximate surface area is 138 Å². The Balaban J connectivity index is 1.65. The minimum absolute atomic E-state index is 0.00890. The summed E-state index contributed by atoms with van der Waals surface area (Å²) in [4.78, 5) is 18.6. The Kier molecular flexibility index (Phi) is 4.52. The number of halogens is 1. The van der Waals surface area contributed by atoms with Gasteiger partial charge in [-0.3, -0.25) is 9.58 Å². The average Bonchev–Trinajstić information content (AvgIpc) is 3.21. The van der Waals surface area contributed by atoms with Crippen LogP contribution in [-0.2, 0) is 13.6 Å². The second-order valence-electron chi connectivity index (χ2n) is 6.14. The first-order valence-electron chi connectivity index (χ1n) is 7.68. The number of alkyl halides is 1. The number of likely N-dealkylation sites (tertiary alicyclic amines) is 1. The molecule has 1 aliphatic heterocycles. The topological polar surface area (TPSA) is 87.6 Å². The van der Waals surface area contributed by atoms with Gasteiger partial charge in [0.15, 0.2) is 5.69 Å². The number of hydrogen-bond donors (Lipinski definition) is 1. The average molecular weight is 337 g/mol. The maximum absolute atomic E-state index is 13.9. The largest absolute Gasteiger partial charge is 0.476 e. The zero-order valence-electron chi connectivity index (χ0n) is 13.6. The van der Waals surface area contributed by atoms with E-state index in [1.54, 1.807) is 22.8 Å². The van der Waals surface area contributed by atoms with Gasteiger partial charge < -0.3 is 14.4 Å². The number of aromatic nitrogens is 3. The normalized spacial score (nSPS) is 21.3. The summed E-state index contributed by atoms with van der Waals surface area (Å²) in [6, 6.07) is 0.210. The predicted octanol–water partition coefficient (Wildman–Crippen LogP) is 1.16. The first kappa shape index (κ1) is 16.4. The Hall–Kier alpha value is -2.42. The van der Waals surface area contributed by atoms with Gasteiger partial charge in [-0.1, -0.05) is 0 Å². The fraction of sp³-hybridized carbons (Fsp3) is 0.533. The molecule has 0 spiro atoms. The van der Waals surface area contributed by atoms with Gasteiger partial charge in [0.2, 0.25) is 0 Å². The maximum atomic E-state index is 13.9. The molecule has 0 aliphatic carbocycles. The van der Waals surface area contributed by atoms with E-state index in [9.17, 15) is 9.18 Å². The zero-order valence-corrected chi connectivity index (χ0v) is 13.6.